The van der Waals surface area contributed by atoms with Crippen LogP contribution >= 0.6 is 11.8 Å². The van der Waals surface area contributed by atoms with E-state index in [1.165, 1.54) is 37.4 Å². The largest absolute Gasteiger partial charge is 0.481 e. The first-order chi connectivity index (χ1) is 10.2. The summed E-state index contributed by atoms with van der Waals surface area (Å²) in [7, 11) is 0. The zero-order valence-electron chi connectivity index (χ0n) is 11.8. The Morgan fingerprint density at radius 2 is 2.14 bits per heavy atom. The van der Waals surface area contributed by atoms with Gasteiger partial charge in [-0.3, -0.25) is 4.79 Å². The summed E-state index contributed by atoms with van der Waals surface area (Å²) in [6.45, 7) is 1.00. The van der Waals surface area contributed by atoms with Crippen LogP contribution in [0.25, 0.3) is 11.0 Å². The quantitative estimate of drug-likeness (QED) is 0.831. The second kappa shape index (κ2) is 4.77. The molecule has 0 radical (unpaired) electrons. The Kier molecular flexibility index (Phi) is 2.99. The number of rotatable bonds is 6. The van der Waals surface area contributed by atoms with Crippen LogP contribution in [-0.4, -0.2) is 26.4 Å². The summed E-state index contributed by atoms with van der Waals surface area (Å²) in [6.07, 6.45) is 5.36. The Balaban J connectivity index is 1.69. The average molecular weight is 302 g/mol. The Labute approximate surface area is 127 Å². The second-order valence-electron chi connectivity index (χ2n) is 6.29. The van der Waals surface area contributed by atoms with Gasteiger partial charge in [-0.05, 0) is 49.1 Å². The maximum Gasteiger partial charge on any atom is 0.313 e. The summed E-state index contributed by atoms with van der Waals surface area (Å²) in [5.41, 5.74) is 2.58. The third kappa shape index (κ3) is 2.44. The molecule has 2 fully saturated rings. The van der Waals surface area contributed by atoms with Gasteiger partial charge in [0.2, 0.25) is 0 Å². The maximum absolute atomic E-state index is 10.9. The molecule has 2 aliphatic carbocycles. The molecule has 1 N–H and O–H groups in total. The van der Waals surface area contributed by atoms with Crippen molar-refractivity contribution in [1.82, 2.24) is 9.55 Å². The number of carboxylic acids is 1. The molecule has 0 saturated heterocycles. The summed E-state index contributed by atoms with van der Waals surface area (Å²) in [5.74, 6) is 0.164. The Bertz CT molecular complexity index is 701. The van der Waals surface area contributed by atoms with Crippen molar-refractivity contribution in [3.63, 3.8) is 0 Å². The van der Waals surface area contributed by atoms with Crippen LogP contribution in [-0.2, 0) is 11.3 Å². The number of thioether (sulfide) groups is 1. The van der Waals surface area contributed by atoms with Crippen molar-refractivity contribution >= 4 is 28.8 Å². The minimum Gasteiger partial charge on any atom is -0.481 e. The molecule has 2 aromatic rings. The zero-order valence-corrected chi connectivity index (χ0v) is 12.6. The normalized spacial score (nSPS) is 19.8. The number of para-hydroxylation sites is 2. The van der Waals surface area contributed by atoms with Gasteiger partial charge < -0.3 is 9.67 Å². The number of aromatic nitrogens is 2. The van der Waals surface area contributed by atoms with Crippen molar-refractivity contribution in [2.75, 3.05) is 5.75 Å². The summed E-state index contributed by atoms with van der Waals surface area (Å²) >= 11 is 1.33. The standard InChI is InChI=1S/C16H18N2O2S/c19-14(20)9-21-15-17-12-3-1-2-4-13(12)18(15)10-16(7-8-16)11-5-6-11/h1-4,11H,5-10H2,(H,19,20). The summed E-state index contributed by atoms with van der Waals surface area (Å²) in [6, 6.07) is 8.12. The molecule has 0 bridgehead atoms. The van der Waals surface area contributed by atoms with E-state index in [9.17, 15) is 4.79 Å². The Hall–Kier alpha value is -1.49. The van der Waals surface area contributed by atoms with Crippen LogP contribution in [0.4, 0.5) is 0 Å². The monoisotopic (exact) mass is 302 g/mol. The summed E-state index contributed by atoms with van der Waals surface area (Å²) < 4.78 is 2.26. The molecule has 0 unspecified atom stereocenters. The fourth-order valence-electron chi connectivity index (χ4n) is 3.31. The highest BCUT2D eigenvalue weighted by atomic mass is 32.2. The van der Waals surface area contributed by atoms with Crippen LogP contribution in [0, 0.1) is 11.3 Å². The minimum atomic E-state index is -0.790. The van der Waals surface area contributed by atoms with Gasteiger partial charge in [-0.25, -0.2) is 4.98 Å². The van der Waals surface area contributed by atoms with Gasteiger partial charge in [0.1, 0.15) is 0 Å². The molecule has 1 aromatic heterocycles. The highest BCUT2D eigenvalue weighted by Gasteiger charge is 2.54. The molecule has 4 rings (SSSR count). The van der Waals surface area contributed by atoms with E-state index in [0.717, 1.165) is 28.7 Å². The number of fused-ring (bicyclic) bond motifs is 1. The van der Waals surface area contributed by atoms with Crippen LogP contribution in [0.1, 0.15) is 25.7 Å². The van der Waals surface area contributed by atoms with Gasteiger partial charge in [-0.15, -0.1) is 0 Å². The van der Waals surface area contributed by atoms with Gasteiger partial charge in [-0.2, -0.15) is 0 Å². The number of nitrogens with zero attached hydrogens (tertiary/aromatic N) is 2. The van der Waals surface area contributed by atoms with Gasteiger partial charge in [-0.1, -0.05) is 23.9 Å². The number of hydrogen-bond acceptors (Lipinski definition) is 3. The molecule has 2 saturated carbocycles. The Morgan fingerprint density at radius 1 is 1.38 bits per heavy atom. The number of imidazole rings is 1. The van der Waals surface area contributed by atoms with Crippen molar-refractivity contribution in [1.29, 1.82) is 0 Å². The summed E-state index contributed by atoms with van der Waals surface area (Å²) in [5, 5.41) is 9.78. The van der Waals surface area contributed by atoms with Gasteiger partial charge in [0, 0.05) is 6.54 Å². The van der Waals surface area contributed by atoms with Crippen molar-refractivity contribution < 1.29 is 9.90 Å². The van der Waals surface area contributed by atoms with E-state index < -0.39 is 5.97 Å². The van der Waals surface area contributed by atoms with Crippen molar-refractivity contribution in [3.8, 4) is 0 Å². The first-order valence-corrected chi connectivity index (χ1v) is 8.46. The smallest absolute Gasteiger partial charge is 0.313 e. The lowest BCUT2D eigenvalue weighted by Crippen LogP contribution is -2.15. The van der Waals surface area contributed by atoms with Crippen molar-refractivity contribution in [2.45, 2.75) is 37.4 Å². The van der Waals surface area contributed by atoms with E-state index in [1.54, 1.807) is 0 Å². The number of benzene rings is 1. The third-order valence-electron chi connectivity index (χ3n) is 4.75. The van der Waals surface area contributed by atoms with Crippen LogP contribution in [0.2, 0.25) is 0 Å². The molecule has 1 aromatic carbocycles. The lowest BCUT2D eigenvalue weighted by Gasteiger charge is -2.17. The maximum atomic E-state index is 10.9. The van der Waals surface area contributed by atoms with Crippen molar-refractivity contribution in [3.05, 3.63) is 24.3 Å². The molecular weight excluding hydrogens is 284 g/mol. The van der Waals surface area contributed by atoms with Gasteiger partial charge in [0.05, 0.1) is 16.8 Å². The SMILES string of the molecule is O=C(O)CSc1nc2ccccc2n1CC1(C2CC2)CC1. The molecular formula is C16H18N2O2S. The van der Waals surface area contributed by atoms with E-state index in [2.05, 4.69) is 15.6 Å². The lowest BCUT2D eigenvalue weighted by molar-refractivity contribution is -0.133. The van der Waals surface area contributed by atoms with Crippen LogP contribution in [0.15, 0.2) is 29.4 Å². The lowest BCUT2D eigenvalue weighted by atomic mass is 10.0. The zero-order chi connectivity index (χ0) is 14.4. The first-order valence-electron chi connectivity index (χ1n) is 7.48. The molecule has 110 valence electrons. The molecule has 1 heterocycles. The number of carbonyl (C=O) groups is 1. The van der Waals surface area contributed by atoms with Gasteiger partial charge in [0.15, 0.2) is 5.16 Å². The number of aliphatic carboxylic acids is 1. The molecule has 0 amide bonds. The van der Waals surface area contributed by atoms with Gasteiger partial charge in [0.25, 0.3) is 0 Å². The van der Waals surface area contributed by atoms with Crippen LogP contribution < -0.4 is 0 Å². The fourth-order valence-corrected chi connectivity index (χ4v) is 4.04. The average Bonchev–Trinajstić information content (AvgIpc) is 3.34. The molecule has 4 nitrogen and oxygen atoms in total. The van der Waals surface area contributed by atoms with Crippen molar-refractivity contribution in [2.24, 2.45) is 11.3 Å². The van der Waals surface area contributed by atoms with E-state index in [0.29, 0.717) is 5.41 Å². The number of hydrogen-bond donors (Lipinski definition) is 1. The molecule has 2 aliphatic rings. The van der Waals surface area contributed by atoms with E-state index in [1.807, 2.05) is 18.2 Å². The fraction of sp³-hybridized carbons (Fsp3) is 0.500. The molecule has 21 heavy (non-hydrogen) atoms. The van der Waals surface area contributed by atoms with E-state index >= 15 is 0 Å². The topological polar surface area (TPSA) is 55.1 Å². The van der Waals surface area contributed by atoms with Crippen LogP contribution in [0.5, 0.6) is 0 Å². The number of carboxylic acid groups (broad SMARTS) is 1. The van der Waals surface area contributed by atoms with Crippen LogP contribution in [0.3, 0.4) is 0 Å². The summed E-state index contributed by atoms with van der Waals surface area (Å²) in [4.78, 5) is 15.5. The first kappa shape index (κ1) is 13.2. The third-order valence-corrected chi connectivity index (χ3v) is 5.71. The Morgan fingerprint density at radius 3 is 2.81 bits per heavy atom. The molecule has 0 aliphatic heterocycles. The molecule has 5 heteroatoms. The molecule has 0 atom stereocenters. The van der Waals surface area contributed by atoms with Gasteiger partial charge >= 0.3 is 5.97 Å². The highest BCUT2D eigenvalue weighted by molar-refractivity contribution is 7.99. The minimum absolute atomic E-state index is 0.0692. The highest BCUT2D eigenvalue weighted by Crippen LogP contribution is 2.62. The predicted octanol–water partition coefficient (Wildman–Crippen LogP) is 3.40. The van der Waals surface area contributed by atoms with E-state index in [-0.39, 0.29) is 5.75 Å². The second-order valence-corrected chi connectivity index (χ2v) is 7.23. The predicted molar refractivity (Wildman–Crippen MR) is 82.5 cm³/mol. The molecule has 0 spiro atoms. The van der Waals surface area contributed by atoms with E-state index in [4.69, 9.17) is 5.11 Å².